The van der Waals surface area contributed by atoms with Gasteiger partial charge in [0, 0.05) is 26.5 Å². The van der Waals surface area contributed by atoms with Crippen LogP contribution >= 0.6 is 0 Å². The summed E-state index contributed by atoms with van der Waals surface area (Å²) >= 11 is 0. The molecule has 2 atom stereocenters. The van der Waals surface area contributed by atoms with Gasteiger partial charge in [0.25, 0.3) is 0 Å². The van der Waals surface area contributed by atoms with Crippen LogP contribution in [-0.4, -0.2) is 27.8 Å². The highest BCUT2D eigenvalue weighted by molar-refractivity contribution is 5.75. The second-order valence-corrected chi connectivity index (χ2v) is 5.01. The number of nitrogens with zero attached hydrogens (tertiary/aromatic N) is 2. The van der Waals surface area contributed by atoms with Crippen molar-refractivity contribution in [1.82, 2.24) is 4.98 Å². The normalized spacial score (nSPS) is 19.6. The van der Waals surface area contributed by atoms with Gasteiger partial charge >= 0.3 is 0 Å². The van der Waals surface area contributed by atoms with Crippen LogP contribution in [0.4, 0.5) is 5.69 Å². The molecule has 1 aliphatic carbocycles. The predicted octanol–water partition coefficient (Wildman–Crippen LogP) is 2.47. The number of methoxy groups -OCH3 is 1. The third kappa shape index (κ3) is 3.06. The van der Waals surface area contributed by atoms with E-state index in [4.69, 9.17) is 18.4 Å². The molecule has 2 N–H and O–H groups in total. The molecular weight excluding hydrogens is 261 g/mol. The van der Waals surface area contributed by atoms with Crippen molar-refractivity contribution in [2.75, 3.05) is 7.11 Å². The van der Waals surface area contributed by atoms with Gasteiger partial charge in [0.2, 0.25) is 0 Å². The van der Waals surface area contributed by atoms with Crippen molar-refractivity contribution >= 4 is 14.1 Å². The van der Waals surface area contributed by atoms with Gasteiger partial charge in [0.05, 0.1) is 19.4 Å². The van der Waals surface area contributed by atoms with Crippen LogP contribution in [0.5, 0.6) is 5.75 Å². The monoisotopic (exact) mass is 279 g/mol. The van der Waals surface area contributed by atoms with E-state index in [9.17, 15) is 0 Å². The highest BCUT2D eigenvalue weighted by atomic mass is 16.5. The van der Waals surface area contributed by atoms with Crippen LogP contribution in [0.3, 0.4) is 0 Å². The third-order valence-electron chi connectivity index (χ3n) is 3.61. The van der Waals surface area contributed by atoms with E-state index in [0.717, 1.165) is 17.7 Å². The Morgan fingerprint density at radius 1 is 1.43 bits per heavy atom. The molecule has 1 aromatic heterocycles. The topological polar surface area (TPSA) is 52.5 Å². The predicted molar refractivity (Wildman–Crippen MR) is 85.0 cm³/mol. The first kappa shape index (κ1) is 13.7. The Balaban J connectivity index is 0.000000847. The lowest BCUT2D eigenvalue weighted by atomic mass is 10.1. The molecule has 2 aromatic rings. The number of hydrogen-bond donors (Lipinski definition) is 1. The molecule has 0 spiro atoms. The Kier molecular flexibility index (Phi) is 3.89. The molecule has 104 valence electrons. The van der Waals surface area contributed by atoms with Gasteiger partial charge in [-0.25, -0.2) is 4.85 Å². The van der Waals surface area contributed by atoms with Gasteiger partial charge in [0.1, 0.15) is 5.75 Å². The molecule has 0 unspecified atom stereocenters. The summed E-state index contributed by atoms with van der Waals surface area (Å²) in [7, 11) is 5.35. The zero-order chi connectivity index (χ0) is 16.1. The molecule has 1 aliphatic rings. The Labute approximate surface area is 127 Å². The fourth-order valence-corrected chi connectivity index (χ4v) is 2.31. The first-order valence-corrected chi connectivity index (χ1v) is 6.49. The summed E-state index contributed by atoms with van der Waals surface area (Å²) < 4.78 is 10.5. The zero-order valence-electron chi connectivity index (χ0n) is 12.8. The lowest BCUT2D eigenvalue weighted by Crippen LogP contribution is -2.01. The van der Waals surface area contributed by atoms with Crippen molar-refractivity contribution < 1.29 is 4.74 Å². The number of nitrogens with two attached hydrogens (primary N) is 1. The van der Waals surface area contributed by atoms with E-state index in [1.807, 2.05) is 24.4 Å². The van der Waals surface area contributed by atoms with Gasteiger partial charge in [-0.15, -0.1) is 0 Å². The maximum absolute atomic E-state index is 7.13. The van der Waals surface area contributed by atoms with E-state index in [-0.39, 0.29) is 6.04 Å². The van der Waals surface area contributed by atoms with Crippen LogP contribution in [0.2, 0.25) is 0 Å². The van der Waals surface area contributed by atoms with Crippen LogP contribution < -0.4 is 10.5 Å². The quantitative estimate of drug-likeness (QED) is 0.693. The number of benzene rings is 1. The van der Waals surface area contributed by atoms with E-state index < -0.39 is 0 Å². The maximum Gasteiger partial charge on any atom is 0.191 e. The summed E-state index contributed by atoms with van der Waals surface area (Å²) in [5, 5.41) is 0. The minimum absolute atomic E-state index is 0.285. The zero-order valence-corrected chi connectivity index (χ0v) is 11.8. The average molecular weight is 279 g/mol. The summed E-state index contributed by atoms with van der Waals surface area (Å²) in [6, 6.07) is 9.75. The van der Waals surface area contributed by atoms with Crippen molar-refractivity contribution in [2.45, 2.75) is 18.4 Å². The average Bonchev–Trinajstić information content (AvgIpc) is 3.33. The van der Waals surface area contributed by atoms with E-state index in [2.05, 4.69) is 24.3 Å². The lowest BCUT2D eigenvalue weighted by Gasteiger charge is -2.06. The van der Waals surface area contributed by atoms with Crippen LogP contribution in [0.15, 0.2) is 36.5 Å². The van der Waals surface area contributed by atoms with Gasteiger partial charge in [-0.2, -0.15) is 0 Å². The van der Waals surface area contributed by atoms with Crippen LogP contribution in [0.1, 0.15) is 17.9 Å². The Bertz CT molecular complexity index is 685. The summed E-state index contributed by atoms with van der Waals surface area (Å²) in [6.45, 7) is 7.13. The van der Waals surface area contributed by atoms with E-state index in [1.165, 1.54) is 5.56 Å². The first-order valence-electron chi connectivity index (χ1n) is 7.07. The van der Waals surface area contributed by atoms with Crippen molar-refractivity contribution in [1.29, 1.82) is 1.34 Å². The van der Waals surface area contributed by atoms with Crippen molar-refractivity contribution in [2.24, 2.45) is 5.73 Å². The smallest absolute Gasteiger partial charge is 0.191 e. The molecule has 1 fully saturated rings. The molecule has 0 amide bonds. The molecule has 0 bridgehead atoms. The molecule has 1 saturated carbocycles. The van der Waals surface area contributed by atoms with E-state index >= 15 is 0 Å². The largest absolute Gasteiger partial charge is 0.498 e. The fraction of sp³-hybridized carbons (Fsp3) is 0.250. The van der Waals surface area contributed by atoms with E-state index in [1.54, 1.807) is 13.2 Å². The Morgan fingerprint density at radius 2 is 2.19 bits per heavy atom. The van der Waals surface area contributed by atoms with Gasteiger partial charge in [-0.3, -0.25) is 4.98 Å². The van der Waals surface area contributed by atoms with Crippen LogP contribution in [0.25, 0.3) is 16.1 Å². The third-order valence-corrected chi connectivity index (χ3v) is 3.61. The summed E-state index contributed by atoms with van der Waals surface area (Å²) in [6.07, 6.45) is 2.92. The molecule has 1 heterocycles. The van der Waals surface area contributed by atoms with Crippen molar-refractivity contribution in [3.8, 4) is 17.0 Å². The minimum atomic E-state index is 0.285. The number of rotatable bonds is 3. The summed E-state index contributed by atoms with van der Waals surface area (Å²) in [4.78, 5) is 7.94. The molecular formula is C16H16BN3O. The molecule has 21 heavy (non-hydrogen) atoms. The summed E-state index contributed by atoms with van der Waals surface area (Å²) in [5.74, 6) is 1.13. The number of aromatic nitrogens is 1. The standard InChI is InChI=1S/C16H15N3O.BH/c1-18-12-5-11(6-13(7-12)20-2)16-4-3-10(9-19-16)14-8-15(14)17;/h3-7,9,14-15H,8,17H2,2H3;1H/t14-,15+;/m1./s1/i;1T. The lowest BCUT2D eigenvalue weighted by molar-refractivity contribution is 0.415. The van der Waals surface area contributed by atoms with Gasteiger partial charge in [-0.1, -0.05) is 6.07 Å². The minimum Gasteiger partial charge on any atom is -0.498 e. The fourth-order valence-electron chi connectivity index (χ4n) is 2.31. The highest BCUT2D eigenvalue weighted by Gasteiger charge is 2.34. The summed E-state index contributed by atoms with van der Waals surface area (Å²) in [5.41, 5.74) is 9.32. The van der Waals surface area contributed by atoms with Crippen molar-refractivity contribution in [3.63, 3.8) is 0 Å². The molecule has 4 nitrogen and oxygen atoms in total. The molecule has 2 radical (unpaired) electrons. The second-order valence-electron chi connectivity index (χ2n) is 5.01. The number of hydrogen-bond acceptors (Lipinski definition) is 3. The number of pyridine rings is 1. The van der Waals surface area contributed by atoms with E-state index in [0.29, 0.717) is 17.4 Å². The molecule has 5 heteroatoms. The second kappa shape index (κ2) is 5.98. The molecule has 1 aromatic carbocycles. The van der Waals surface area contributed by atoms with Crippen LogP contribution in [0, 0.1) is 6.57 Å². The Hall–Kier alpha value is -2.32. The van der Waals surface area contributed by atoms with Gasteiger partial charge < -0.3 is 10.5 Å². The molecule has 3 rings (SSSR count). The SMILES string of the molecule is [3H][B].[C-]#[N+]c1cc(OC)cc(-c2ccc([C@H]3C[C@@H]3N)cn2)c1. The molecule has 0 aliphatic heterocycles. The van der Waals surface area contributed by atoms with Crippen molar-refractivity contribution in [3.05, 3.63) is 53.5 Å². The highest BCUT2D eigenvalue weighted by Crippen LogP contribution is 2.39. The first-order chi connectivity index (χ1) is 10.7. The molecule has 0 saturated heterocycles. The van der Waals surface area contributed by atoms with Crippen LogP contribution in [-0.2, 0) is 0 Å². The van der Waals surface area contributed by atoms with Gasteiger partial charge in [-0.05, 0) is 43.1 Å². The van der Waals surface area contributed by atoms with Gasteiger partial charge in [0.15, 0.2) is 5.69 Å². The maximum atomic E-state index is 7.13. The Morgan fingerprint density at radius 3 is 2.71 bits per heavy atom. The number of ether oxygens (including phenoxy) is 1.